The zero-order chi connectivity index (χ0) is 15.2. The van der Waals surface area contributed by atoms with E-state index in [1.54, 1.807) is 24.1 Å². The van der Waals surface area contributed by atoms with Crippen LogP contribution in [0, 0.1) is 0 Å². The maximum atomic E-state index is 12.2. The quantitative estimate of drug-likeness (QED) is 0.811. The summed E-state index contributed by atoms with van der Waals surface area (Å²) in [6, 6.07) is 7.17. The number of anilines is 1. The molecule has 0 radical (unpaired) electrons. The van der Waals surface area contributed by atoms with Crippen molar-refractivity contribution in [3.8, 4) is 5.75 Å². The number of nitrogen functional groups attached to an aromatic ring is 1. The molecule has 0 saturated heterocycles. The number of likely N-dealkylation sites (N-methyl/N-ethyl adjacent to an activating group) is 1. The number of aliphatic hydroxyl groups excluding tert-OH is 1. The van der Waals surface area contributed by atoms with Gasteiger partial charge in [0.15, 0.2) is 0 Å². The molecule has 21 heavy (non-hydrogen) atoms. The highest BCUT2D eigenvalue weighted by molar-refractivity contribution is 5.76. The Balaban J connectivity index is 1.80. The number of para-hydroxylation sites is 2. The maximum absolute atomic E-state index is 12.2. The average Bonchev–Trinajstić information content (AvgIpc) is 2.49. The Bertz CT molecular complexity index is 478. The molecule has 1 fully saturated rings. The lowest BCUT2D eigenvalue weighted by Crippen LogP contribution is -2.46. The Kier molecular flexibility index (Phi) is 5.44. The van der Waals surface area contributed by atoms with Crippen molar-refractivity contribution in [2.45, 2.75) is 44.2 Å². The van der Waals surface area contributed by atoms with Crippen molar-refractivity contribution >= 4 is 11.6 Å². The number of aliphatic hydroxyl groups is 1. The number of hydrogen-bond donors (Lipinski definition) is 2. The third-order valence-corrected chi connectivity index (χ3v) is 4.08. The van der Waals surface area contributed by atoms with Crippen LogP contribution in [0.2, 0.25) is 0 Å². The fourth-order valence-corrected chi connectivity index (χ4v) is 2.77. The highest BCUT2D eigenvalue weighted by Gasteiger charge is 2.29. The molecule has 0 heterocycles. The number of hydrogen-bond acceptors (Lipinski definition) is 4. The molecule has 2 rings (SSSR count). The van der Waals surface area contributed by atoms with Crippen molar-refractivity contribution in [3.63, 3.8) is 0 Å². The summed E-state index contributed by atoms with van der Waals surface area (Å²) >= 11 is 0. The predicted molar refractivity (Wildman–Crippen MR) is 82.0 cm³/mol. The molecule has 1 aromatic carbocycles. The number of amides is 1. The molecule has 1 saturated carbocycles. The van der Waals surface area contributed by atoms with Crippen LogP contribution in [0.1, 0.15) is 32.1 Å². The van der Waals surface area contributed by atoms with Gasteiger partial charge in [-0.15, -0.1) is 0 Å². The highest BCUT2D eigenvalue weighted by Crippen LogP contribution is 2.23. The van der Waals surface area contributed by atoms with Crippen molar-refractivity contribution in [2.75, 3.05) is 19.4 Å². The van der Waals surface area contributed by atoms with Crippen molar-refractivity contribution < 1.29 is 14.6 Å². The van der Waals surface area contributed by atoms with Gasteiger partial charge in [0.1, 0.15) is 5.75 Å². The van der Waals surface area contributed by atoms with Gasteiger partial charge in [-0.05, 0) is 25.0 Å². The van der Waals surface area contributed by atoms with Crippen LogP contribution >= 0.6 is 0 Å². The SMILES string of the molecule is CN(C(=O)CCOc1ccccc1N)C1CCCCC1O. The van der Waals surface area contributed by atoms with Crippen LogP contribution in [-0.2, 0) is 4.79 Å². The lowest BCUT2D eigenvalue weighted by atomic mass is 9.91. The molecule has 0 aliphatic heterocycles. The number of carbonyl (C=O) groups excluding carboxylic acids is 1. The van der Waals surface area contributed by atoms with Crippen molar-refractivity contribution in [1.29, 1.82) is 0 Å². The van der Waals surface area contributed by atoms with Gasteiger partial charge < -0.3 is 20.5 Å². The monoisotopic (exact) mass is 292 g/mol. The topological polar surface area (TPSA) is 75.8 Å². The summed E-state index contributed by atoms with van der Waals surface area (Å²) in [4.78, 5) is 13.8. The molecule has 0 aromatic heterocycles. The largest absolute Gasteiger partial charge is 0.491 e. The van der Waals surface area contributed by atoms with E-state index in [0.717, 1.165) is 25.7 Å². The predicted octanol–water partition coefficient (Wildman–Crippen LogP) is 1.80. The Morgan fingerprint density at radius 1 is 1.38 bits per heavy atom. The fraction of sp³-hybridized carbons (Fsp3) is 0.562. The lowest BCUT2D eigenvalue weighted by molar-refractivity contribution is -0.135. The molecule has 116 valence electrons. The van der Waals surface area contributed by atoms with E-state index in [1.165, 1.54) is 0 Å². The maximum Gasteiger partial charge on any atom is 0.226 e. The summed E-state index contributed by atoms with van der Waals surface area (Å²) in [6.45, 7) is 0.292. The smallest absolute Gasteiger partial charge is 0.226 e. The first-order valence-corrected chi connectivity index (χ1v) is 7.50. The fourth-order valence-electron chi connectivity index (χ4n) is 2.77. The van der Waals surface area contributed by atoms with Gasteiger partial charge in [-0.3, -0.25) is 4.79 Å². The van der Waals surface area contributed by atoms with Gasteiger partial charge in [0, 0.05) is 7.05 Å². The molecule has 5 heteroatoms. The van der Waals surface area contributed by atoms with Gasteiger partial charge in [0.05, 0.1) is 30.9 Å². The second kappa shape index (κ2) is 7.31. The minimum Gasteiger partial charge on any atom is -0.491 e. The number of ether oxygens (including phenoxy) is 1. The summed E-state index contributed by atoms with van der Waals surface area (Å²) in [5.74, 6) is 0.598. The minimum atomic E-state index is -0.404. The minimum absolute atomic E-state index is 0.00421. The Morgan fingerprint density at radius 3 is 2.81 bits per heavy atom. The molecular weight excluding hydrogens is 268 g/mol. The van der Waals surface area contributed by atoms with Gasteiger partial charge in [-0.1, -0.05) is 25.0 Å². The van der Waals surface area contributed by atoms with Crippen LogP contribution in [0.5, 0.6) is 5.75 Å². The van der Waals surface area contributed by atoms with Crippen LogP contribution in [0.4, 0.5) is 5.69 Å². The summed E-state index contributed by atoms with van der Waals surface area (Å²) in [5, 5.41) is 9.99. The molecular formula is C16H24N2O3. The summed E-state index contributed by atoms with van der Waals surface area (Å²) in [7, 11) is 1.76. The average molecular weight is 292 g/mol. The third-order valence-electron chi connectivity index (χ3n) is 4.08. The van der Waals surface area contributed by atoms with Gasteiger partial charge in [-0.25, -0.2) is 0 Å². The molecule has 1 aromatic rings. The van der Waals surface area contributed by atoms with Gasteiger partial charge >= 0.3 is 0 Å². The van der Waals surface area contributed by atoms with Crippen molar-refractivity contribution in [3.05, 3.63) is 24.3 Å². The van der Waals surface area contributed by atoms with Crippen molar-refractivity contribution in [1.82, 2.24) is 4.90 Å². The zero-order valence-electron chi connectivity index (χ0n) is 12.5. The second-order valence-electron chi connectivity index (χ2n) is 5.56. The number of benzene rings is 1. The summed E-state index contributed by atoms with van der Waals surface area (Å²) < 4.78 is 5.54. The van der Waals surface area contributed by atoms with Gasteiger partial charge in [0.25, 0.3) is 0 Å². The lowest BCUT2D eigenvalue weighted by Gasteiger charge is -2.35. The summed E-state index contributed by atoms with van der Waals surface area (Å²) in [5.41, 5.74) is 6.35. The molecule has 5 nitrogen and oxygen atoms in total. The van der Waals surface area contributed by atoms with Gasteiger partial charge in [0.2, 0.25) is 5.91 Å². The third kappa shape index (κ3) is 4.11. The highest BCUT2D eigenvalue weighted by atomic mass is 16.5. The van der Waals surface area contributed by atoms with Crippen LogP contribution in [0.15, 0.2) is 24.3 Å². The number of nitrogens with two attached hydrogens (primary N) is 1. The first-order valence-electron chi connectivity index (χ1n) is 7.50. The molecule has 1 aliphatic rings. The number of nitrogens with zero attached hydrogens (tertiary/aromatic N) is 1. The van der Waals surface area contributed by atoms with Crippen molar-refractivity contribution in [2.24, 2.45) is 0 Å². The van der Waals surface area contributed by atoms with Crippen LogP contribution in [0.3, 0.4) is 0 Å². The Hall–Kier alpha value is -1.75. The first-order chi connectivity index (χ1) is 10.1. The van der Waals surface area contributed by atoms with E-state index >= 15 is 0 Å². The zero-order valence-corrected chi connectivity index (χ0v) is 12.5. The molecule has 2 atom stereocenters. The standard InChI is InChI=1S/C16H24N2O3/c1-18(13-7-3-4-8-14(13)19)16(20)10-11-21-15-9-5-2-6-12(15)17/h2,5-6,9,13-14,19H,3-4,7-8,10-11,17H2,1H3. The number of carbonyl (C=O) groups is 1. The van der Waals surface area contributed by atoms with Gasteiger partial charge in [-0.2, -0.15) is 0 Å². The van der Waals surface area contributed by atoms with Crippen LogP contribution in [0.25, 0.3) is 0 Å². The molecule has 2 unspecified atom stereocenters. The van der Waals surface area contributed by atoms with E-state index in [9.17, 15) is 9.90 Å². The van der Waals surface area contributed by atoms with Crippen LogP contribution in [-0.4, -0.2) is 41.7 Å². The van der Waals surface area contributed by atoms with E-state index in [0.29, 0.717) is 18.0 Å². The van der Waals surface area contributed by atoms with E-state index < -0.39 is 6.10 Å². The molecule has 1 aliphatic carbocycles. The van der Waals surface area contributed by atoms with E-state index in [2.05, 4.69) is 0 Å². The molecule has 0 bridgehead atoms. The summed E-state index contributed by atoms with van der Waals surface area (Å²) in [6.07, 6.45) is 3.63. The Labute approximate surface area is 125 Å². The van der Waals surface area contributed by atoms with E-state index in [4.69, 9.17) is 10.5 Å². The van der Waals surface area contributed by atoms with E-state index in [-0.39, 0.29) is 18.4 Å². The normalized spacial score (nSPS) is 21.8. The first kappa shape index (κ1) is 15.6. The molecule has 3 N–H and O–H groups in total. The van der Waals surface area contributed by atoms with Crippen LogP contribution < -0.4 is 10.5 Å². The van der Waals surface area contributed by atoms with E-state index in [1.807, 2.05) is 12.1 Å². The molecule has 0 spiro atoms. The number of rotatable bonds is 5. The second-order valence-corrected chi connectivity index (χ2v) is 5.56. The Morgan fingerprint density at radius 2 is 2.10 bits per heavy atom. The molecule has 1 amide bonds.